The predicted octanol–water partition coefficient (Wildman–Crippen LogP) is 2.33. The van der Waals surface area contributed by atoms with Gasteiger partial charge in [0.1, 0.15) is 0 Å². The van der Waals surface area contributed by atoms with Crippen LogP contribution < -0.4 is 5.32 Å². The van der Waals surface area contributed by atoms with E-state index >= 15 is 0 Å². The molecule has 0 amide bonds. The van der Waals surface area contributed by atoms with E-state index in [9.17, 15) is 0 Å². The lowest BCUT2D eigenvalue weighted by atomic mass is 10.1. The third kappa shape index (κ3) is 2.39. The highest BCUT2D eigenvalue weighted by molar-refractivity contribution is 7.05. The standard InChI is InChI=1S/C10H17N3S/c1-5-6-8-10(14-13-12-8)9(11-4)7(2)3/h9,11H,2,5-6H2,1,3-4H3. The van der Waals surface area contributed by atoms with E-state index in [-0.39, 0.29) is 6.04 Å². The van der Waals surface area contributed by atoms with Crippen LogP contribution in [0.5, 0.6) is 0 Å². The summed E-state index contributed by atoms with van der Waals surface area (Å²) < 4.78 is 4.00. The van der Waals surface area contributed by atoms with E-state index in [1.807, 2.05) is 14.0 Å². The number of hydrogen-bond donors (Lipinski definition) is 1. The Morgan fingerprint density at radius 3 is 2.86 bits per heavy atom. The van der Waals surface area contributed by atoms with Crippen LogP contribution >= 0.6 is 11.5 Å². The first-order valence-electron chi connectivity index (χ1n) is 4.84. The Kier molecular flexibility index (Phi) is 4.22. The van der Waals surface area contributed by atoms with E-state index in [0.29, 0.717) is 0 Å². The second kappa shape index (κ2) is 5.22. The van der Waals surface area contributed by atoms with Crippen molar-refractivity contribution in [3.63, 3.8) is 0 Å². The highest BCUT2D eigenvalue weighted by Crippen LogP contribution is 2.25. The van der Waals surface area contributed by atoms with Crippen LogP contribution in [0.4, 0.5) is 0 Å². The van der Waals surface area contributed by atoms with Crippen molar-refractivity contribution < 1.29 is 0 Å². The fraction of sp³-hybridized carbons (Fsp3) is 0.600. The van der Waals surface area contributed by atoms with Crippen molar-refractivity contribution in [3.05, 3.63) is 22.7 Å². The molecule has 0 aromatic carbocycles. The molecule has 4 heteroatoms. The Morgan fingerprint density at radius 1 is 1.64 bits per heavy atom. The van der Waals surface area contributed by atoms with E-state index < -0.39 is 0 Å². The van der Waals surface area contributed by atoms with Gasteiger partial charge in [0.25, 0.3) is 0 Å². The van der Waals surface area contributed by atoms with E-state index in [2.05, 4.69) is 28.4 Å². The van der Waals surface area contributed by atoms with Crippen molar-refractivity contribution in [1.82, 2.24) is 14.9 Å². The molecule has 0 saturated carbocycles. The molecular weight excluding hydrogens is 194 g/mol. The summed E-state index contributed by atoms with van der Waals surface area (Å²) in [6.07, 6.45) is 2.10. The van der Waals surface area contributed by atoms with Crippen LogP contribution in [0.15, 0.2) is 12.2 Å². The van der Waals surface area contributed by atoms with Gasteiger partial charge in [0.2, 0.25) is 0 Å². The molecule has 0 radical (unpaired) electrons. The number of aromatic nitrogens is 2. The van der Waals surface area contributed by atoms with Gasteiger partial charge in [-0.15, -0.1) is 5.10 Å². The highest BCUT2D eigenvalue weighted by Gasteiger charge is 2.17. The maximum atomic E-state index is 4.14. The molecule has 0 aliphatic rings. The van der Waals surface area contributed by atoms with E-state index in [1.54, 1.807) is 0 Å². The summed E-state index contributed by atoms with van der Waals surface area (Å²) in [5, 5.41) is 7.38. The number of aryl methyl sites for hydroxylation is 1. The van der Waals surface area contributed by atoms with Crippen LogP contribution in [0.1, 0.15) is 36.9 Å². The van der Waals surface area contributed by atoms with Crippen molar-refractivity contribution in [1.29, 1.82) is 0 Å². The van der Waals surface area contributed by atoms with Gasteiger partial charge in [-0.25, -0.2) is 0 Å². The Morgan fingerprint density at radius 2 is 2.36 bits per heavy atom. The maximum absolute atomic E-state index is 4.14. The largest absolute Gasteiger partial charge is 0.309 e. The Bertz CT molecular complexity index is 306. The molecule has 1 rings (SSSR count). The Labute approximate surface area is 89.4 Å². The van der Waals surface area contributed by atoms with Gasteiger partial charge in [-0.2, -0.15) is 0 Å². The van der Waals surface area contributed by atoms with Gasteiger partial charge < -0.3 is 5.32 Å². The van der Waals surface area contributed by atoms with Crippen LogP contribution in [0.25, 0.3) is 0 Å². The van der Waals surface area contributed by atoms with Gasteiger partial charge in [-0.05, 0) is 31.9 Å². The van der Waals surface area contributed by atoms with Gasteiger partial charge in [0, 0.05) is 0 Å². The smallest absolute Gasteiger partial charge is 0.0807 e. The third-order valence-electron chi connectivity index (χ3n) is 2.12. The number of hydrogen-bond acceptors (Lipinski definition) is 4. The zero-order chi connectivity index (χ0) is 10.6. The van der Waals surface area contributed by atoms with Gasteiger partial charge in [-0.3, -0.25) is 0 Å². The fourth-order valence-corrected chi connectivity index (χ4v) is 2.35. The molecule has 1 atom stereocenters. The first-order valence-corrected chi connectivity index (χ1v) is 5.61. The SMILES string of the molecule is C=C(C)C(NC)c1snnc1CCC. The molecule has 1 heterocycles. The second-order valence-electron chi connectivity index (χ2n) is 3.40. The van der Waals surface area contributed by atoms with Crippen molar-refractivity contribution in [2.24, 2.45) is 0 Å². The minimum Gasteiger partial charge on any atom is -0.309 e. The number of likely N-dealkylation sites (N-methyl/N-ethyl adjacent to an activating group) is 1. The lowest BCUT2D eigenvalue weighted by molar-refractivity contribution is 0.677. The zero-order valence-corrected chi connectivity index (χ0v) is 9.82. The van der Waals surface area contributed by atoms with Crippen LogP contribution in [0.2, 0.25) is 0 Å². The molecule has 0 spiro atoms. The molecule has 1 unspecified atom stereocenters. The van der Waals surface area contributed by atoms with E-state index in [4.69, 9.17) is 0 Å². The minimum atomic E-state index is 0.205. The van der Waals surface area contributed by atoms with Crippen molar-refractivity contribution in [2.75, 3.05) is 7.05 Å². The minimum absolute atomic E-state index is 0.205. The third-order valence-corrected chi connectivity index (χ3v) is 2.95. The summed E-state index contributed by atoms with van der Waals surface area (Å²) in [7, 11) is 1.94. The highest BCUT2D eigenvalue weighted by atomic mass is 32.1. The topological polar surface area (TPSA) is 37.8 Å². The summed E-state index contributed by atoms with van der Waals surface area (Å²) in [6.45, 7) is 8.15. The average molecular weight is 211 g/mol. The van der Waals surface area contributed by atoms with Crippen LogP contribution in [0.3, 0.4) is 0 Å². The summed E-state index contributed by atoms with van der Waals surface area (Å²) in [5.41, 5.74) is 2.22. The summed E-state index contributed by atoms with van der Waals surface area (Å²) in [4.78, 5) is 1.21. The first kappa shape index (κ1) is 11.3. The molecule has 0 aliphatic heterocycles. The number of nitrogens with one attached hydrogen (secondary N) is 1. The number of nitrogens with zero attached hydrogens (tertiary/aromatic N) is 2. The van der Waals surface area contributed by atoms with Gasteiger partial charge >= 0.3 is 0 Å². The molecule has 78 valence electrons. The van der Waals surface area contributed by atoms with Crippen molar-refractivity contribution in [2.45, 2.75) is 32.7 Å². The molecule has 1 N–H and O–H groups in total. The lowest BCUT2D eigenvalue weighted by Gasteiger charge is -2.14. The van der Waals surface area contributed by atoms with Crippen LogP contribution in [-0.2, 0) is 6.42 Å². The Hall–Kier alpha value is -0.740. The van der Waals surface area contributed by atoms with Crippen molar-refractivity contribution >= 4 is 11.5 Å². The van der Waals surface area contributed by atoms with Gasteiger partial charge in [0.05, 0.1) is 16.6 Å². The zero-order valence-electron chi connectivity index (χ0n) is 9.00. The van der Waals surface area contributed by atoms with E-state index in [1.165, 1.54) is 16.4 Å². The molecule has 0 aliphatic carbocycles. The molecule has 3 nitrogen and oxygen atoms in total. The monoisotopic (exact) mass is 211 g/mol. The molecular formula is C10H17N3S. The normalized spacial score (nSPS) is 12.8. The fourth-order valence-electron chi connectivity index (χ4n) is 1.45. The Balaban J connectivity index is 2.91. The molecule has 0 fully saturated rings. The van der Waals surface area contributed by atoms with Gasteiger partial charge in [0.15, 0.2) is 0 Å². The molecule has 0 bridgehead atoms. The van der Waals surface area contributed by atoms with E-state index in [0.717, 1.165) is 24.1 Å². The van der Waals surface area contributed by atoms with Gasteiger partial charge in [-0.1, -0.05) is 30.0 Å². The van der Waals surface area contributed by atoms with Crippen molar-refractivity contribution in [3.8, 4) is 0 Å². The molecule has 1 aromatic rings. The summed E-state index contributed by atoms with van der Waals surface area (Å²) in [5.74, 6) is 0. The first-order chi connectivity index (χ1) is 6.70. The summed E-state index contributed by atoms with van der Waals surface area (Å²) >= 11 is 1.47. The summed E-state index contributed by atoms with van der Waals surface area (Å²) in [6, 6.07) is 0.205. The number of rotatable bonds is 5. The quantitative estimate of drug-likeness (QED) is 0.760. The lowest BCUT2D eigenvalue weighted by Crippen LogP contribution is -2.17. The molecule has 1 aromatic heterocycles. The maximum Gasteiger partial charge on any atom is 0.0807 e. The average Bonchev–Trinajstić information content (AvgIpc) is 2.55. The van der Waals surface area contributed by atoms with Crippen LogP contribution in [-0.4, -0.2) is 16.6 Å². The molecule has 14 heavy (non-hydrogen) atoms. The molecule has 0 saturated heterocycles. The van der Waals surface area contributed by atoms with Crippen LogP contribution in [0, 0.1) is 0 Å². The second-order valence-corrected chi connectivity index (χ2v) is 4.19. The predicted molar refractivity (Wildman–Crippen MR) is 60.5 cm³/mol.